The van der Waals surface area contributed by atoms with E-state index in [0.717, 1.165) is 11.6 Å². The standard InChI is InChI=1S/C14H10Cl2FNO/c15-10-3-1-8(5-11(10)16)6-14(19)9-2-4-13(18)12(17)7-9/h1-5,7H,6,18H2. The maximum atomic E-state index is 13.3. The van der Waals surface area contributed by atoms with E-state index in [-0.39, 0.29) is 23.5 Å². The predicted molar refractivity (Wildman–Crippen MR) is 75.3 cm³/mol. The van der Waals surface area contributed by atoms with E-state index in [2.05, 4.69) is 0 Å². The highest BCUT2D eigenvalue weighted by Gasteiger charge is 2.10. The highest BCUT2D eigenvalue weighted by molar-refractivity contribution is 6.42. The molecule has 0 aliphatic rings. The van der Waals surface area contributed by atoms with E-state index in [1.165, 1.54) is 12.1 Å². The third-order valence-corrected chi connectivity index (χ3v) is 3.41. The third-order valence-electron chi connectivity index (χ3n) is 2.67. The highest BCUT2D eigenvalue weighted by atomic mass is 35.5. The molecule has 2 nitrogen and oxygen atoms in total. The summed E-state index contributed by atoms with van der Waals surface area (Å²) in [5.41, 5.74) is 6.37. The number of benzene rings is 2. The lowest BCUT2D eigenvalue weighted by molar-refractivity contribution is 0.0992. The summed E-state index contributed by atoms with van der Waals surface area (Å²) in [7, 11) is 0. The van der Waals surface area contributed by atoms with Gasteiger partial charge in [0.25, 0.3) is 0 Å². The van der Waals surface area contributed by atoms with Gasteiger partial charge < -0.3 is 5.73 Å². The first-order chi connectivity index (χ1) is 8.97. The van der Waals surface area contributed by atoms with Crippen molar-refractivity contribution in [3.05, 3.63) is 63.4 Å². The summed E-state index contributed by atoms with van der Waals surface area (Å²) >= 11 is 11.7. The molecule has 0 heterocycles. The van der Waals surface area contributed by atoms with Gasteiger partial charge in [0.2, 0.25) is 0 Å². The molecule has 0 spiro atoms. The zero-order valence-corrected chi connectivity index (χ0v) is 11.3. The molecule has 2 aromatic carbocycles. The van der Waals surface area contributed by atoms with Crippen molar-refractivity contribution >= 4 is 34.7 Å². The summed E-state index contributed by atoms with van der Waals surface area (Å²) in [5, 5.41) is 0.812. The van der Waals surface area contributed by atoms with E-state index in [1.54, 1.807) is 18.2 Å². The average molecular weight is 298 g/mol. The van der Waals surface area contributed by atoms with Crippen molar-refractivity contribution in [1.82, 2.24) is 0 Å². The molecule has 2 aromatic rings. The molecule has 0 aliphatic heterocycles. The Morgan fingerprint density at radius 3 is 2.47 bits per heavy atom. The molecule has 0 amide bonds. The molecule has 0 aromatic heterocycles. The normalized spacial score (nSPS) is 10.5. The maximum Gasteiger partial charge on any atom is 0.167 e. The van der Waals surface area contributed by atoms with Crippen LogP contribution >= 0.6 is 23.2 Å². The smallest absolute Gasteiger partial charge is 0.167 e. The molecular formula is C14H10Cl2FNO. The number of hydrogen-bond donors (Lipinski definition) is 1. The molecule has 0 radical (unpaired) electrons. The summed E-state index contributed by atoms with van der Waals surface area (Å²) in [5.74, 6) is -0.808. The van der Waals surface area contributed by atoms with Crippen LogP contribution in [0.2, 0.25) is 10.0 Å². The monoisotopic (exact) mass is 297 g/mol. The molecule has 0 aliphatic carbocycles. The fourth-order valence-electron chi connectivity index (χ4n) is 1.64. The van der Waals surface area contributed by atoms with Gasteiger partial charge in [-0.2, -0.15) is 0 Å². The van der Waals surface area contributed by atoms with Crippen LogP contribution in [-0.2, 0) is 6.42 Å². The Kier molecular flexibility index (Phi) is 4.08. The number of carbonyl (C=O) groups is 1. The number of carbonyl (C=O) groups excluding carboxylic acids is 1. The Bertz CT molecular complexity index is 643. The molecule has 0 unspecified atom stereocenters. The molecule has 0 saturated carbocycles. The van der Waals surface area contributed by atoms with Crippen LogP contribution in [0.5, 0.6) is 0 Å². The van der Waals surface area contributed by atoms with Crippen LogP contribution in [0.25, 0.3) is 0 Å². The molecule has 19 heavy (non-hydrogen) atoms. The van der Waals surface area contributed by atoms with Crippen molar-refractivity contribution in [3.8, 4) is 0 Å². The Morgan fingerprint density at radius 2 is 1.84 bits per heavy atom. The van der Waals surface area contributed by atoms with E-state index < -0.39 is 5.82 Å². The van der Waals surface area contributed by atoms with Crippen molar-refractivity contribution in [1.29, 1.82) is 0 Å². The number of ketones is 1. The van der Waals surface area contributed by atoms with Gasteiger partial charge in [0.05, 0.1) is 15.7 Å². The molecule has 0 atom stereocenters. The van der Waals surface area contributed by atoms with Crippen molar-refractivity contribution in [2.24, 2.45) is 0 Å². The lowest BCUT2D eigenvalue weighted by atomic mass is 10.0. The number of hydrogen-bond acceptors (Lipinski definition) is 2. The summed E-state index contributed by atoms with van der Waals surface area (Å²) in [6.45, 7) is 0. The number of anilines is 1. The number of rotatable bonds is 3. The zero-order chi connectivity index (χ0) is 14.0. The summed E-state index contributed by atoms with van der Waals surface area (Å²) in [4.78, 5) is 12.0. The zero-order valence-electron chi connectivity index (χ0n) is 9.79. The van der Waals surface area contributed by atoms with Crippen LogP contribution in [0.15, 0.2) is 36.4 Å². The lowest BCUT2D eigenvalue weighted by Gasteiger charge is -2.04. The van der Waals surface area contributed by atoms with Gasteiger partial charge in [-0.15, -0.1) is 0 Å². The molecule has 0 fully saturated rings. The minimum absolute atomic E-state index is 0.0195. The van der Waals surface area contributed by atoms with Gasteiger partial charge >= 0.3 is 0 Å². The topological polar surface area (TPSA) is 43.1 Å². The van der Waals surface area contributed by atoms with Gasteiger partial charge in [0.1, 0.15) is 5.82 Å². The van der Waals surface area contributed by atoms with Crippen LogP contribution in [0.1, 0.15) is 15.9 Å². The van der Waals surface area contributed by atoms with Gasteiger partial charge in [-0.05, 0) is 35.9 Å². The fraction of sp³-hybridized carbons (Fsp3) is 0.0714. The van der Waals surface area contributed by atoms with Crippen LogP contribution in [-0.4, -0.2) is 5.78 Å². The number of nitrogen functional groups attached to an aromatic ring is 1. The Balaban J connectivity index is 2.20. The first kappa shape index (κ1) is 13.8. The number of Topliss-reactive ketones (excluding diaryl/α,β-unsaturated/α-hetero) is 1. The first-order valence-electron chi connectivity index (χ1n) is 5.49. The Labute approximate surface area is 119 Å². The SMILES string of the molecule is Nc1ccc(C(=O)Cc2ccc(Cl)c(Cl)c2)cc1F. The molecule has 0 bridgehead atoms. The van der Waals surface area contributed by atoms with Crippen molar-refractivity contribution in [2.75, 3.05) is 5.73 Å². The maximum absolute atomic E-state index is 13.3. The Morgan fingerprint density at radius 1 is 1.11 bits per heavy atom. The average Bonchev–Trinajstić information content (AvgIpc) is 2.37. The van der Waals surface area contributed by atoms with Gasteiger partial charge in [-0.25, -0.2) is 4.39 Å². The molecule has 98 valence electrons. The molecule has 0 saturated heterocycles. The number of halogens is 3. The van der Waals surface area contributed by atoms with Gasteiger partial charge in [0.15, 0.2) is 5.78 Å². The van der Waals surface area contributed by atoms with Crippen molar-refractivity contribution < 1.29 is 9.18 Å². The fourth-order valence-corrected chi connectivity index (χ4v) is 1.96. The van der Waals surface area contributed by atoms with Gasteiger partial charge in [-0.1, -0.05) is 29.3 Å². The largest absolute Gasteiger partial charge is 0.396 e. The molecule has 5 heteroatoms. The molecule has 2 N–H and O–H groups in total. The van der Waals surface area contributed by atoms with E-state index in [0.29, 0.717) is 10.0 Å². The van der Waals surface area contributed by atoms with Crippen molar-refractivity contribution in [2.45, 2.75) is 6.42 Å². The van der Waals surface area contributed by atoms with Crippen molar-refractivity contribution in [3.63, 3.8) is 0 Å². The highest BCUT2D eigenvalue weighted by Crippen LogP contribution is 2.23. The van der Waals surface area contributed by atoms with Gasteiger partial charge in [-0.3, -0.25) is 4.79 Å². The predicted octanol–water partition coefficient (Wildman–Crippen LogP) is 4.14. The van der Waals surface area contributed by atoms with Crippen LogP contribution in [0.4, 0.5) is 10.1 Å². The molecular weight excluding hydrogens is 288 g/mol. The summed E-state index contributed by atoms with van der Waals surface area (Å²) < 4.78 is 13.3. The second-order valence-electron chi connectivity index (χ2n) is 4.08. The van der Waals surface area contributed by atoms with E-state index in [9.17, 15) is 9.18 Å². The third kappa shape index (κ3) is 3.25. The molecule has 2 rings (SSSR count). The van der Waals surface area contributed by atoms with Crippen LogP contribution in [0, 0.1) is 5.82 Å². The van der Waals surface area contributed by atoms with Crippen LogP contribution < -0.4 is 5.73 Å². The summed E-state index contributed by atoms with van der Waals surface area (Å²) in [6, 6.07) is 8.95. The number of nitrogens with two attached hydrogens (primary N) is 1. The van der Waals surface area contributed by atoms with Crippen LogP contribution in [0.3, 0.4) is 0 Å². The second kappa shape index (κ2) is 5.59. The summed E-state index contributed by atoms with van der Waals surface area (Å²) in [6.07, 6.45) is 0.125. The van der Waals surface area contributed by atoms with E-state index in [4.69, 9.17) is 28.9 Å². The second-order valence-corrected chi connectivity index (χ2v) is 4.90. The first-order valence-corrected chi connectivity index (χ1v) is 6.25. The quantitative estimate of drug-likeness (QED) is 0.683. The van der Waals surface area contributed by atoms with Gasteiger partial charge in [0, 0.05) is 12.0 Å². The minimum atomic E-state index is -0.597. The van der Waals surface area contributed by atoms with E-state index >= 15 is 0 Å². The lowest BCUT2D eigenvalue weighted by Crippen LogP contribution is -2.05. The Hall–Kier alpha value is -1.58. The minimum Gasteiger partial charge on any atom is -0.396 e. The van der Waals surface area contributed by atoms with E-state index in [1.807, 2.05) is 0 Å².